The largest absolute Gasteiger partial charge is 0.472 e. The summed E-state index contributed by atoms with van der Waals surface area (Å²) in [5, 5.41) is 6.60. The molecule has 2 amide bonds. The molecule has 0 spiro atoms. The van der Waals surface area contributed by atoms with Crippen molar-refractivity contribution in [2.75, 3.05) is 5.32 Å². The van der Waals surface area contributed by atoms with E-state index in [1.807, 2.05) is 48.5 Å². The van der Waals surface area contributed by atoms with E-state index in [-0.39, 0.29) is 6.03 Å². The van der Waals surface area contributed by atoms with Crippen LogP contribution in [0.1, 0.15) is 5.56 Å². The van der Waals surface area contributed by atoms with Crippen molar-refractivity contribution in [1.29, 1.82) is 0 Å². The first-order valence-corrected chi connectivity index (χ1v) is 8.16. The van der Waals surface area contributed by atoms with Crippen LogP contribution in [0.3, 0.4) is 0 Å². The van der Waals surface area contributed by atoms with Crippen LogP contribution in [0.25, 0.3) is 22.2 Å². The number of nitrogens with zero attached hydrogens (tertiary/aromatic N) is 2. The van der Waals surface area contributed by atoms with E-state index in [1.165, 1.54) is 0 Å². The van der Waals surface area contributed by atoms with Crippen LogP contribution in [0.15, 0.2) is 77.9 Å². The molecular formula is C20H16N4O2. The van der Waals surface area contributed by atoms with Gasteiger partial charge < -0.3 is 15.1 Å². The zero-order chi connectivity index (χ0) is 17.8. The molecule has 26 heavy (non-hydrogen) atoms. The number of urea groups is 1. The highest BCUT2D eigenvalue weighted by Gasteiger charge is 2.06. The molecular weight excluding hydrogens is 328 g/mol. The Morgan fingerprint density at radius 2 is 2.00 bits per heavy atom. The number of carbonyl (C=O) groups excluding carboxylic acids is 1. The summed E-state index contributed by atoms with van der Waals surface area (Å²) >= 11 is 0. The summed E-state index contributed by atoms with van der Waals surface area (Å²) in [5.74, 6) is 0. The Hall–Kier alpha value is -3.67. The average Bonchev–Trinajstić information content (AvgIpc) is 3.22. The van der Waals surface area contributed by atoms with Crippen molar-refractivity contribution in [3.8, 4) is 11.3 Å². The lowest BCUT2D eigenvalue weighted by molar-refractivity contribution is 0.252. The first-order valence-electron chi connectivity index (χ1n) is 8.16. The lowest BCUT2D eigenvalue weighted by Crippen LogP contribution is -2.28. The quantitative estimate of drug-likeness (QED) is 0.581. The molecule has 0 saturated carbocycles. The third kappa shape index (κ3) is 3.39. The maximum Gasteiger partial charge on any atom is 0.319 e. The topological polar surface area (TPSA) is 80.0 Å². The number of rotatable bonds is 4. The zero-order valence-electron chi connectivity index (χ0n) is 13.8. The molecule has 0 atom stereocenters. The molecule has 4 rings (SSSR count). The Labute approximate surface area is 149 Å². The van der Waals surface area contributed by atoms with Gasteiger partial charge in [0.15, 0.2) is 0 Å². The summed E-state index contributed by atoms with van der Waals surface area (Å²) in [5.41, 5.74) is 4.22. The summed E-state index contributed by atoms with van der Waals surface area (Å²) in [4.78, 5) is 20.9. The molecule has 4 aromatic rings. The van der Waals surface area contributed by atoms with Gasteiger partial charge in [-0.2, -0.15) is 0 Å². The van der Waals surface area contributed by atoms with E-state index in [0.29, 0.717) is 6.54 Å². The normalized spacial score (nSPS) is 10.6. The molecule has 6 heteroatoms. The van der Waals surface area contributed by atoms with E-state index in [1.54, 1.807) is 24.9 Å². The Kier molecular flexibility index (Phi) is 4.30. The van der Waals surface area contributed by atoms with Gasteiger partial charge in [0.25, 0.3) is 0 Å². The number of amides is 2. The van der Waals surface area contributed by atoms with E-state index in [0.717, 1.165) is 33.4 Å². The molecule has 0 aliphatic rings. The lowest BCUT2D eigenvalue weighted by atomic mass is 10.2. The Morgan fingerprint density at radius 3 is 2.81 bits per heavy atom. The molecule has 6 nitrogen and oxygen atoms in total. The van der Waals surface area contributed by atoms with Crippen molar-refractivity contribution in [3.63, 3.8) is 0 Å². The molecule has 1 aromatic carbocycles. The van der Waals surface area contributed by atoms with E-state index in [9.17, 15) is 4.79 Å². The number of anilines is 1. The van der Waals surface area contributed by atoms with Crippen molar-refractivity contribution in [2.45, 2.75) is 6.54 Å². The van der Waals surface area contributed by atoms with Crippen LogP contribution in [0, 0.1) is 0 Å². The van der Waals surface area contributed by atoms with Gasteiger partial charge in [0.05, 0.1) is 29.4 Å². The van der Waals surface area contributed by atoms with Crippen LogP contribution in [0.5, 0.6) is 0 Å². The van der Waals surface area contributed by atoms with Crippen molar-refractivity contribution < 1.29 is 9.21 Å². The number of benzene rings is 1. The maximum absolute atomic E-state index is 12.2. The van der Waals surface area contributed by atoms with Crippen molar-refractivity contribution >= 4 is 22.6 Å². The maximum atomic E-state index is 12.2. The van der Waals surface area contributed by atoms with Gasteiger partial charge in [-0.1, -0.05) is 12.1 Å². The van der Waals surface area contributed by atoms with Crippen molar-refractivity contribution in [1.82, 2.24) is 15.3 Å². The highest BCUT2D eigenvalue weighted by Crippen LogP contribution is 2.21. The van der Waals surface area contributed by atoms with Gasteiger partial charge in [-0.25, -0.2) is 4.79 Å². The minimum absolute atomic E-state index is 0.278. The van der Waals surface area contributed by atoms with Crippen LogP contribution in [-0.4, -0.2) is 16.0 Å². The van der Waals surface area contributed by atoms with Crippen LogP contribution in [-0.2, 0) is 6.54 Å². The van der Waals surface area contributed by atoms with Crippen molar-refractivity contribution in [3.05, 3.63) is 79.0 Å². The van der Waals surface area contributed by atoms with Gasteiger partial charge in [0, 0.05) is 29.9 Å². The monoisotopic (exact) mass is 344 g/mol. The third-order valence-electron chi connectivity index (χ3n) is 3.99. The number of pyridine rings is 2. The molecule has 2 N–H and O–H groups in total. The van der Waals surface area contributed by atoms with Crippen LogP contribution >= 0.6 is 0 Å². The molecule has 0 fully saturated rings. The van der Waals surface area contributed by atoms with E-state index in [4.69, 9.17) is 4.42 Å². The number of aromatic nitrogens is 2. The second-order valence-corrected chi connectivity index (χ2v) is 5.75. The highest BCUT2D eigenvalue weighted by atomic mass is 16.3. The fraction of sp³-hybridized carbons (Fsp3) is 0.0500. The summed E-state index contributed by atoms with van der Waals surface area (Å²) < 4.78 is 5.06. The molecule has 128 valence electrons. The molecule has 0 bridgehead atoms. The molecule has 3 heterocycles. The second kappa shape index (κ2) is 7.06. The minimum Gasteiger partial charge on any atom is -0.472 e. The predicted molar refractivity (Wildman–Crippen MR) is 99.5 cm³/mol. The molecule has 3 aromatic heterocycles. The number of hydrogen-bond donors (Lipinski definition) is 2. The van der Waals surface area contributed by atoms with Gasteiger partial charge in [0.1, 0.15) is 0 Å². The van der Waals surface area contributed by atoms with Crippen LogP contribution in [0.4, 0.5) is 10.5 Å². The van der Waals surface area contributed by atoms with Crippen LogP contribution < -0.4 is 10.6 Å². The van der Waals surface area contributed by atoms with E-state index < -0.39 is 0 Å². The van der Waals surface area contributed by atoms with Gasteiger partial charge in [0.2, 0.25) is 0 Å². The van der Waals surface area contributed by atoms with Gasteiger partial charge >= 0.3 is 6.03 Å². The third-order valence-corrected chi connectivity index (χ3v) is 3.99. The molecule has 0 radical (unpaired) electrons. The van der Waals surface area contributed by atoms with Gasteiger partial charge in [-0.3, -0.25) is 9.97 Å². The molecule has 0 unspecified atom stereocenters. The number of carbonyl (C=O) groups is 1. The average molecular weight is 344 g/mol. The molecule has 0 aliphatic carbocycles. The second-order valence-electron chi connectivity index (χ2n) is 5.75. The first kappa shape index (κ1) is 15.8. The fourth-order valence-corrected chi connectivity index (χ4v) is 2.67. The van der Waals surface area contributed by atoms with E-state index >= 15 is 0 Å². The molecule has 0 aliphatic heterocycles. The fourth-order valence-electron chi connectivity index (χ4n) is 2.67. The number of nitrogens with one attached hydrogen (secondary N) is 2. The SMILES string of the molecule is O=C(NCc1ccc(-c2ccoc2)nc1)Nc1cccc2ncccc12. The van der Waals surface area contributed by atoms with Gasteiger partial charge in [-0.15, -0.1) is 0 Å². The Morgan fingerprint density at radius 1 is 1.04 bits per heavy atom. The summed E-state index contributed by atoms with van der Waals surface area (Å²) in [6.07, 6.45) is 6.73. The lowest BCUT2D eigenvalue weighted by Gasteiger charge is -2.10. The standard InChI is InChI=1S/C20H16N4O2/c25-20(24-19-5-1-4-18-16(19)3-2-9-21-18)23-12-14-6-7-17(22-11-14)15-8-10-26-13-15/h1-11,13H,12H2,(H2,23,24,25). The first-order chi connectivity index (χ1) is 12.8. The number of furan rings is 1. The number of hydrogen-bond acceptors (Lipinski definition) is 4. The summed E-state index contributed by atoms with van der Waals surface area (Å²) in [7, 11) is 0. The van der Waals surface area contributed by atoms with Gasteiger partial charge in [-0.05, 0) is 42.0 Å². The van der Waals surface area contributed by atoms with Crippen LogP contribution in [0.2, 0.25) is 0 Å². The van der Waals surface area contributed by atoms with Crippen molar-refractivity contribution in [2.24, 2.45) is 0 Å². The molecule has 0 saturated heterocycles. The Bertz CT molecular complexity index is 1020. The Balaban J connectivity index is 1.39. The predicted octanol–water partition coefficient (Wildman–Crippen LogP) is 4.21. The zero-order valence-corrected chi connectivity index (χ0v) is 13.8. The van der Waals surface area contributed by atoms with E-state index in [2.05, 4.69) is 20.6 Å². The number of fused-ring (bicyclic) bond motifs is 1. The highest BCUT2D eigenvalue weighted by molar-refractivity contribution is 6.00. The summed E-state index contributed by atoms with van der Waals surface area (Å²) in [6.45, 7) is 0.382. The smallest absolute Gasteiger partial charge is 0.319 e. The summed E-state index contributed by atoms with van der Waals surface area (Å²) in [6, 6.07) is 14.8. The minimum atomic E-state index is -0.278.